The summed E-state index contributed by atoms with van der Waals surface area (Å²) in [5.74, 6) is 1.93. The summed E-state index contributed by atoms with van der Waals surface area (Å²) >= 11 is 1.51. The van der Waals surface area contributed by atoms with E-state index in [0.717, 1.165) is 51.8 Å². The summed E-state index contributed by atoms with van der Waals surface area (Å²) in [6.07, 6.45) is 3.55. The minimum absolute atomic E-state index is 0. The molecule has 30 heavy (non-hydrogen) atoms. The molecule has 3 rings (SSSR count). The van der Waals surface area contributed by atoms with Gasteiger partial charge in [0.15, 0.2) is 23.8 Å². The largest absolute Gasteiger partial charge is 1.00 e. The maximum atomic E-state index is 12.8. The van der Waals surface area contributed by atoms with E-state index in [0.29, 0.717) is 30.4 Å². The van der Waals surface area contributed by atoms with Gasteiger partial charge in [0, 0.05) is 17.2 Å². The number of ether oxygens (including phenoxy) is 3. The summed E-state index contributed by atoms with van der Waals surface area (Å²) in [4.78, 5) is 25.1. The van der Waals surface area contributed by atoms with E-state index >= 15 is 0 Å². The number of rotatable bonds is 8. The molecular weight excluding hydrogens is 470 g/mol. The molecule has 0 aliphatic carbocycles. The first-order valence-corrected chi connectivity index (χ1v) is 10.8. The molecule has 8 heteroatoms. The van der Waals surface area contributed by atoms with Crippen molar-refractivity contribution in [1.29, 1.82) is 0 Å². The predicted octanol–water partition coefficient (Wildman–Crippen LogP) is 0.915. The van der Waals surface area contributed by atoms with E-state index < -0.39 is 0 Å². The number of carbonyl (C=O) groups excluding carboxylic acids is 2. The van der Waals surface area contributed by atoms with E-state index in [9.17, 15) is 9.59 Å². The molecule has 0 spiro atoms. The Morgan fingerprint density at radius 2 is 1.70 bits per heavy atom. The van der Waals surface area contributed by atoms with Gasteiger partial charge in [-0.1, -0.05) is 0 Å². The van der Waals surface area contributed by atoms with Gasteiger partial charge in [-0.05, 0) is 42.7 Å². The molecule has 1 aromatic carbocycles. The van der Waals surface area contributed by atoms with Crippen LogP contribution < -0.4 is 26.5 Å². The average Bonchev–Trinajstić information content (AvgIpc) is 3.14. The highest BCUT2D eigenvalue weighted by Gasteiger charge is 2.32. The number of quaternary nitrogens is 1. The third kappa shape index (κ3) is 5.74. The van der Waals surface area contributed by atoms with Crippen LogP contribution in [0.15, 0.2) is 18.2 Å². The zero-order valence-electron chi connectivity index (χ0n) is 18.0. The van der Waals surface area contributed by atoms with E-state index in [1.165, 1.54) is 18.4 Å². The van der Waals surface area contributed by atoms with Crippen LogP contribution >= 0.6 is 11.3 Å². The van der Waals surface area contributed by atoms with Gasteiger partial charge in [-0.3, -0.25) is 4.79 Å². The Bertz CT molecular complexity index is 848. The number of nitrogens with zero attached hydrogens (tertiary/aromatic N) is 1. The zero-order valence-corrected chi connectivity index (χ0v) is 20.4. The number of thiophene rings is 1. The quantitative estimate of drug-likeness (QED) is 0.307. The normalized spacial score (nSPS) is 21.0. The van der Waals surface area contributed by atoms with Crippen molar-refractivity contribution in [2.75, 3.05) is 48.0 Å². The number of esters is 1. The van der Waals surface area contributed by atoms with E-state index in [1.807, 2.05) is 18.2 Å². The first-order chi connectivity index (χ1) is 13.9. The Morgan fingerprint density at radius 1 is 1.07 bits per heavy atom. The summed E-state index contributed by atoms with van der Waals surface area (Å²) in [7, 11) is 6.77. The van der Waals surface area contributed by atoms with Crippen LogP contribution in [0.3, 0.4) is 0 Å². The monoisotopic (exact) mass is 499 g/mol. The summed E-state index contributed by atoms with van der Waals surface area (Å²) in [6.45, 7) is 2.34. The third-order valence-corrected chi connectivity index (χ3v) is 7.11. The molecular formula is C22H30BrNO5S. The first kappa shape index (κ1) is 24.6. The topological polar surface area (TPSA) is 61.8 Å². The van der Waals surface area contributed by atoms with E-state index in [-0.39, 0.29) is 28.7 Å². The standard InChI is InChI=1S/C22H30NO5S.BrH/c1-23(14-22(25)28-4)9-7-15(8-10-23)5-6-17(24)21-12-16-11-18(26-2)19(27-3)13-20(16)29-21;/h11-13,15H,5-10,14H2,1-4H3;1H/q+1;/p-1. The fraction of sp³-hybridized carbons (Fsp3) is 0.545. The van der Waals surface area contributed by atoms with Gasteiger partial charge < -0.3 is 35.7 Å². The molecule has 0 bridgehead atoms. The van der Waals surface area contributed by atoms with Crippen molar-refractivity contribution in [3.63, 3.8) is 0 Å². The molecule has 2 heterocycles. The molecule has 1 aliphatic rings. The lowest BCUT2D eigenvalue weighted by molar-refractivity contribution is -0.908. The van der Waals surface area contributed by atoms with Crippen LogP contribution in [0.25, 0.3) is 10.1 Å². The number of fused-ring (bicyclic) bond motifs is 1. The van der Waals surface area contributed by atoms with Crippen LogP contribution in [0.4, 0.5) is 0 Å². The number of methoxy groups -OCH3 is 3. The van der Waals surface area contributed by atoms with Crippen molar-refractivity contribution < 1.29 is 45.3 Å². The molecule has 0 radical (unpaired) electrons. The lowest BCUT2D eigenvalue weighted by Gasteiger charge is -2.39. The number of ketones is 1. The third-order valence-electron chi connectivity index (χ3n) is 5.97. The Balaban J connectivity index is 0.00000320. The van der Waals surface area contributed by atoms with E-state index in [2.05, 4.69) is 7.05 Å². The fourth-order valence-corrected chi connectivity index (χ4v) is 5.07. The number of benzene rings is 1. The number of piperidine rings is 1. The minimum Gasteiger partial charge on any atom is -1.00 e. The van der Waals surface area contributed by atoms with Crippen LogP contribution in [-0.2, 0) is 9.53 Å². The number of hydrogen-bond acceptors (Lipinski definition) is 6. The maximum absolute atomic E-state index is 12.8. The van der Waals surface area contributed by atoms with Crippen molar-refractivity contribution in [2.45, 2.75) is 25.7 Å². The SMILES string of the molecule is COC(=O)C[N+]1(C)CCC(CCC(=O)c2cc3cc(OC)c(OC)cc3s2)CC1.[Br-]. The number of likely N-dealkylation sites (N-methyl/N-ethyl adjacent to an activating group) is 1. The van der Waals surface area contributed by atoms with E-state index in [4.69, 9.17) is 14.2 Å². The highest BCUT2D eigenvalue weighted by molar-refractivity contribution is 7.20. The second kappa shape index (κ2) is 10.6. The number of likely N-dealkylation sites (tertiary alicyclic amines) is 1. The molecule has 6 nitrogen and oxygen atoms in total. The molecule has 0 atom stereocenters. The maximum Gasteiger partial charge on any atom is 0.361 e. The first-order valence-electron chi connectivity index (χ1n) is 9.96. The molecule has 0 saturated carbocycles. The van der Waals surface area contributed by atoms with Crippen molar-refractivity contribution in [1.82, 2.24) is 0 Å². The highest BCUT2D eigenvalue weighted by atomic mass is 79.9. The Morgan fingerprint density at radius 3 is 2.30 bits per heavy atom. The van der Waals surface area contributed by atoms with E-state index in [1.54, 1.807) is 14.2 Å². The number of hydrogen-bond donors (Lipinski definition) is 0. The molecule has 0 N–H and O–H groups in total. The van der Waals surface area contributed by atoms with Gasteiger partial charge in [0.2, 0.25) is 0 Å². The summed E-state index contributed by atoms with van der Waals surface area (Å²) in [5.41, 5.74) is 0. The van der Waals surface area contributed by atoms with Crippen molar-refractivity contribution in [2.24, 2.45) is 5.92 Å². The van der Waals surface area contributed by atoms with Gasteiger partial charge in [0.05, 0.1) is 46.3 Å². The number of Topliss-reactive ketones (excluding diaryl/α,β-unsaturated/α-hetero) is 1. The van der Waals surface area contributed by atoms with Gasteiger partial charge in [0.1, 0.15) is 0 Å². The Labute approximate surface area is 192 Å². The molecule has 166 valence electrons. The second-order valence-electron chi connectivity index (χ2n) is 8.06. The summed E-state index contributed by atoms with van der Waals surface area (Å²) < 4.78 is 17.3. The minimum atomic E-state index is -0.154. The molecule has 0 amide bonds. The smallest absolute Gasteiger partial charge is 0.361 e. The van der Waals surface area contributed by atoms with Crippen molar-refractivity contribution >= 4 is 33.2 Å². The molecule has 0 unspecified atom stereocenters. The fourth-order valence-electron chi connectivity index (χ4n) is 4.03. The van der Waals surface area contributed by atoms with Crippen molar-refractivity contribution in [3.8, 4) is 11.5 Å². The zero-order chi connectivity index (χ0) is 21.0. The van der Waals surface area contributed by atoms with Crippen molar-refractivity contribution in [3.05, 3.63) is 23.1 Å². The lowest BCUT2D eigenvalue weighted by Crippen LogP contribution is -3.00. The Kier molecular flexibility index (Phi) is 8.70. The van der Waals surface area contributed by atoms with Crippen LogP contribution in [-0.4, -0.2) is 64.2 Å². The van der Waals surface area contributed by atoms with Gasteiger partial charge >= 0.3 is 5.97 Å². The van der Waals surface area contributed by atoms with Crippen LogP contribution in [0.5, 0.6) is 11.5 Å². The molecule has 1 saturated heterocycles. The van der Waals surface area contributed by atoms with Gasteiger partial charge in [-0.2, -0.15) is 0 Å². The van der Waals surface area contributed by atoms with Gasteiger partial charge in [-0.15, -0.1) is 11.3 Å². The summed E-state index contributed by atoms with van der Waals surface area (Å²) in [5, 5.41) is 1.00. The molecule has 1 fully saturated rings. The van der Waals surface area contributed by atoms with Crippen LogP contribution in [0.1, 0.15) is 35.4 Å². The second-order valence-corrected chi connectivity index (χ2v) is 9.15. The molecule has 1 aliphatic heterocycles. The van der Waals surface area contributed by atoms with Crippen LogP contribution in [0, 0.1) is 5.92 Å². The Hall–Kier alpha value is -1.64. The van der Waals surface area contributed by atoms with Gasteiger partial charge in [0.25, 0.3) is 0 Å². The molecule has 2 aromatic rings. The summed E-state index contributed by atoms with van der Waals surface area (Å²) in [6, 6.07) is 5.80. The molecule has 1 aromatic heterocycles. The average molecular weight is 500 g/mol. The number of halogens is 1. The van der Waals surface area contributed by atoms with Gasteiger partial charge in [-0.25, -0.2) is 4.79 Å². The lowest BCUT2D eigenvalue weighted by atomic mass is 9.90. The van der Waals surface area contributed by atoms with Crippen LogP contribution in [0.2, 0.25) is 0 Å². The number of carbonyl (C=O) groups is 2. The highest BCUT2D eigenvalue weighted by Crippen LogP contribution is 2.37. The predicted molar refractivity (Wildman–Crippen MR) is 114 cm³/mol.